The number of methoxy groups -OCH3 is 1. The highest BCUT2D eigenvalue weighted by atomic mass is 16.5. The molecule has 30 heavy (non-hydrogen) atoms. The van der Waals surface area contributed by atoms with E-state index in [0.717, 1.165) is 48.6 Å². The first-order chi connectivity index (χ1) is 14.6. The maximum Gasteiger partial charge on any atom is 0.258 e. The number of aryl methyl sites for hydroxylation is 1. The Balaban J connectivity index is 1.32. The average Bonchev–Trinajstić information content (AvgIpc) is 2.78. The van der Waals surface area contributed by atoms with Gasteiger partial charge < -0.3 is 24.4 Å². The molecule has 160 valence electrons. The summed E-state index contributed by atoms with van der Waals surface area (Å²) in [6.07, 6.45) is 4.58. The molecule has 1 saturated heterocycles. The van der Waals surface area contributed by atoms with Crippen LogP contribution in [0.5, 0.6) is 11.5 Å². The molecule has 1 fully saturated rings. The van der Waals surface area contributed by atoms with Crippen molar-refractivity contribution >= 4 is 11.9 Å². The highest BCUT2D eigenvalue weighted by Crippen LogP contribution is 2.27. The summed E-state index contributed by atoms with van der Waals surface area (Å²) in [7, 11) is 1.59. The summed E-state index contributed by atoms with van der Waals surface area (Å²) in [6.45, 7) is 4.79. The number of nitrogens with zero attached hydrogens (tertiary/aromatic N) is 3. The van der Waals surface area contributed by atoms with Gasteiger partial charge in [-0.15, -0.1) is 0 Å². The maximum absolute atomic E-state index is 12.4. The smallest absolute Gasteiger partial charge is 0.258 e. The Morgan fingerprint density at radius 2 is 2.27 bits per heavy atom. The largest absolute Gasteiger partial charge is 0.493 e. The second kappa shape index (κ2) is 9.30. The molecule has 2 aromatic rings. The lowest BCUT2D eigenvalue weighted by atomic mass is 10.1. The van der Waals surface area contributed by atoms with E-state index in [1.54, 1.807) is 7.11 Å². The fourth-order valence-corrected chi connectivity index (χ4v) is 3.86. The number of anilines is 1. The van der Waals surface area contributed by atoms with E-state index in [0.29, 0.717) is 31.3 Å². The van der Waals surface area contributed by atoms with Gasteiger partial charge >= 0.3 is 0 Å². The normalized spacial score (nSPS) is 18.5. The zero-order valence-electron chi connectivity index (χ0n) is 17.5. The number of ether oxygens (including phenoxy) is 3. The minimum atomic E-state index is -0.145. The zero-order valence-corrected chi connectivity index (χ0v) is 17.5. The number of hydrogen-bond acceptors (Lipinski definition) is 7. The Labute approximate surface area is 176 Å². The van der Waals surface area contributed by atoms with Crippen molar-refractivity contribution in [2.75, 3.05) is 38.3 Å². The standard InChI is InChI=1S/C22H28N4O4/c1-15-5-6-19(20(10-15)28-2)30-14-21(27)24-17-4-3-8-26(12-17)22-23-11-16-13-29-9-7-18(16)25-22/h5-6,10-11,17H,3-4,7-9,12-14H2,1-2H3,(H,24,27). The second-order valence-electron chi connectivity index (χ2n) is 7.74. The van der Waals surface area contributed by atoms with Crippen LogP contribution in [0.2, 0.25) is 0 Å². The van der Waals surface area contributed by atoms with Gasteiger partial charge in [-0.3, -0.25) is 4.79 Å². The number of fused-ring (bicyclic) bond motifs is 1. The SMILES string of the molecule is COc1cc(C)ccc1OCC(=O)NC1CCCN(c2ncc3c(n2)CCOC3)C1. The van der Waals surface area contributed by atoms with Crippen molar-refractivity contribution in [1.82, 2.24) is 15.3 Å². The van der Waals surface area contributed by atoms with Crippen LogP contribution in [0.1, 0.15) is 29.7 Å². The molecule has 3 heterocycles. The van der Waals surface area contributed by atoms with E-state index in [-0.39, 0.29) is 18.6 Å². The number of carbonyl (C=O) groups excluding carboxylic acids is 1. The lowest BCUT2D eigenvalue weighted by molar-refractivity contribution is -0.123. The van der Waals surface area contributed by atoms with E-state index in [4.69, 9.17) is 19.2 Å². The van der Waals surface area contributed by atoms with Crippen LogP contribution in [-0.2, 0) is 22.6 Å². The quantitative estimate of drug-likeness (QED) is 0.777. The summed E-state index contributed by atoms with van der Waals surface area (Å²) in [4.78, 5) is 23.8. The van der Waals surface area contributed by atoms with Gasteiger partial charge in [0.05, 0.1) is 26.0 Å². The minimum absolute atomic E-state index is 0.0396. The molecule has 0 bridgehead atoms. The molecule has 1 aromatic carbocycles. The first kappa shape index (κ1) is 20.4. The molecule has 0 radical (unpaired) electrons. The van der Waals surface area contributed by atoms with Gasteiger partial charge in [0.2, 0.25) is 5.95 Å². The summed E-state index contributed by atoms with van der Waals surface area (Å²) in [5.74, 6) is 1.78. The number of piperidine rings is 1. The lowest BCUT2D eigenvalue weighted by Crippen LogP contribution is -2.49. The Hall–Kier alpha value is -2.87. The monoisotopic (exact) mass is 412 g/mol. The van der Waals surface area contributed by atoms with Crippen LogP contribution in [0.4, 0.5) is 5.95 Å². The highest BCUT2D eigenvalue weighted by molar-refractivity contribution is 5.78. The average molecular weight is 412 g/mol. The van der Waals surface area contributed by atoms with Crippen molar-refractivity contribution in [3.05, 3.63) is 41.2 Å². The third-order valence-electron chi connectivity index (χ3n) is 5.43. The van der Waals surface area contributed by atoms with E-state index in [2.05, 4.69) is 15.2 Å². The van der Waals surface area contributed by atoms with E-state index >= 15 is 0 Å². The fraction of sp³-hybridized carbons (Fsp3) is 0.500. The number of carbonyl (C=O) groups is 1. The molecule has 1 amide bonds. The first-order valence-electron chi connectivity index (χ1n) is 10.4. The molecule has 4 rings (SSSR count). The third kappa shape index (κ3) is 4.81. The number of nitrogens with one attached hydrogen (secondary N) is 1. The van der Waals surface area contributed by atoms with Crippen molar-refractivity contribution in [1.29, 1.82) is 0 Å². The topological polar surface area (TPSA) is 85.8 Å². The summed E-state index contributed by atoms with van der Waals surface area (Å²) >= 11 is 0. The van der Waals surface area contributed by atoms with Gasteiger partial charge in [0.25, 0.3) is 5.91 Å². The Morgan fingerprint density at radius 3 is 3.13 bits per heavy atom. The van der Waals surface area contributed by atoms with Gasteiger partial charge in [-0.25, -0.2) is 9.97 Å². The number of benzene rings is 1. The van der Waals surface area contributed by atoms with Crippen LogP contribution in [-0.4, -0.2) is 55.3 Å². The predicted octanol–water partition coefficient (Wildman–Crippen LogP) is 2.03. The van der Waals surface area contributed by atoms with Crippen molar-refractivity contribution in [3.63, 3.8) is 0 Å². The molecule has 1 aromatic heterocycles. The fourth-order valence-electron chi connectivity index (χ4n) is 3.86. The molecule has 0 spiro atoms. The molecule has 1 N–H and O–H groups in total. The first-order valence-corrected chi connectivity index (χ1v) is 10.4. The summed E-state index contributed by atoms with van der Waals surface area (Å²) < 4.78 is 16.5. The Kier molecular flexibility index (Phi) is 6.32. The van der Waals surface area contributed by atoms with Gasteiger partial charge in [-0.2, -0.15) is 0 Å². The van der Waals surface area contributed by atoms with Gasteiger partial charge in [0.15, 0.2) is 18.1 Å². The van der Waals surface area contributed by atoms with E-state index in [1.165, 1.54) is 0 Å². The second-order valence-corrected chi connectivity index (χ2v) is 7.74. The molecular formula is C22H28N4O4. The van der Waals surface area contributed by atoms with Crippen LogP contribution in [0.3, 0.4) is 0 Å². The molecule has 2 aliphatic rings. The number of rotatable bonds is 6. The van der Waals surface area contributed by atoms with Gasteiger partial charge in [-0.05, 0) is 37.5 Å². The molecule has 8 heteroatoms. The van der Waals surface area contributed by atoms with Crippen LogP contribution >= 0.6 is 0 Å². The third-order valence-corrected chi connectivity index (χ3v) is 5.43. The summed E-state index contributed by atoms with van der Waals surface area (Å²) in [6, 6.07) is 5.68. The number of amides is 1. The van der Waals surface area contributed by atoms with Crippen molar-refractivity contribution in [2.24, 2.45) is 0 Å². The van der Waals surface area contributed by atoms with Crippen LogP contribution in [0.25, 0.3) is 0 Å². The maximum atomic E-state index is 12.4. The zero-order chi connectivity index (χ0) is 20.9. The molecule has 0 saturated carbocycles. The summed E-state index contributed by atoms with van der Waals surface area (Å²) in [5.41, 5.74) is 3.20. The highest BCUT2D eigenvalue weighted by Gasteiger charge is 2.24. The van der Waals surface area contributed by atoms with E-state index < -0.39 is 0 Å². The van der Waals surface area contributed by atoms with Crippen molar-refractivity contribution < 1.29 is 19.0 Å². The predicted molar refractivity (Wildman–Crippen MR) is 112 cm³/mol. The molecule has 1 atom stereocenters. The minimum Gasteiger partial charge on any atom is -0.493 e. The van der Waals surface area contributed by atoms with E-state index in [9.17, 15) is 4.79 Å². The molecule has 8 nitrogen and oxygen atoms in total. The van der Waals surface area contributed by atoms with Crippen LogP contribution in [0, 0.1) is 6.92 Å². The van der Waals surface area contributed by atoms with Crippen LogP contribution < -0.4 is 19.7 Å². The van der Waals surface area contributed by atoms with Crippen molar-refractivity contribution in [3.8, 4) is 11.5 Å². The van der Waals surface area contributed by atoms with Crippen molar-refractivity contribution in [2.45, 2.75) is 38.8 Å². The van der Waals surface area contributed by atoms with Gasteiger partial charge in [0.1, 0.15) is 0 Å². The van der Waals surface area contributed by atoms with Crippen LogP contribution in [0.15, 0.2) is 24.4 Å². The molecule has 1 unspecified atom stereocenters. The summed E-state index contributed by atoms with van der Waals surface area (Å²) in [5, 5.41) is 3.08. The molecule has 0 aliphatic carbocycles. The lowest BCUT2D eigenvalue weighted by Gasteiger charge is -2.33. The Bertz CT molecular complexity index is 905. The Morgan fingerprint density at radius 1 is 1.37 bits per heavy atom. The van der Waals surface area contributed by atoms with Gasteiger partial charge in [0, 0.05) is 37.3 Å². The number of aromatic nitrogens is 2. The molecular weight excluding hydrogens is 384 g/mol. The van der Waals surface area contributed by atoms with Gasteiger partial charge in [-0.1, -0.05) is 6.07 Å². The number of hydrogen-bond donors (Lipinski definition) is 1. The van der Waals surface area contributed by atoms with E-state index in [1.807, 2.05) is 31.3 Å². The molecule has 2 aliphatic heterocycles.